The molecule has 1 aliphatic heterocycles. The summed E-state index contributed by atoms with van der Waals surface area (Å²) in [6.45, 7) is 5.77. The van der Waals surface area contributed by atoms with E-state index in [0.717, 1.165) is 6.61 Å². The van der Waals surface area contributed by atoms with Crippen molar-refractivity contribution in [3.63, 3.8) is 0 Å². The van der Waals surface area contributed by atoms with Gasteiger partial charge in [0, 0.05) is 6.61 Å². The maximum atomic E-state index is 6.12. The summed E-state index contributed by atoms with van der Waals surface area (Å²) in [5.74, 6) is 0. The zero-order chi connectivity index (χ0) is 17.3. The molecule has 24 heavy (non-hydrogen) atoms. The topological polar surface area (TPSA) is 9.23 Å². The molecule has 0 unspecified atom stereocenters. The van der Waals surface area contributed by atoms with Crippen molar-refractivity contribution in [1.82, 2.24) is 0 Å². The molecular formula is C22H46OSi. The zero-order valence-corrected chi connectivity index (χ0v) is 18.1. The minimum atomic E-state index is -1.11. The van der Waals surface area contributed by atoms with E-state index in [9.17, 15) is 0 Å². The lowest BCUT2D eigenvalue weighted by Crippen LogP contribution is -2.41. The molecule has 0 spiro atoms. The molecule has 1 fully saturated rings. The van der Waals surface area contributed by atoms with E-state index < -0.39 is 8.32 Å². The lowest BCUT2D eigenvalue weighted by atomic mass is 10.0. The Labute approximate surface area is 154 Å². The first-order valence-electron chi connectivity index (χ1n) is 11.4. The van der Waals surface area contributed by atoms with Crippen molar-refractivity contribution in [2.24, 2.45) is 0 Å². The lowest BCUT2D eigenvalue weighted by molar-refractivity contribution is 0.278. The van der Waals surface area contributed by atoms with Gasteiger partial charge in [0.2, 0.25) is 0 Å². The maximum absolute atomic E-state index is 6.12. The van der Waals surface area contributed by atoms with Gasteiger partial charge in [-0.3, -0.25) is 0 Å². The predicted octanol–water partition coefficient (Wildman–Crippen LogP) is 8.24. The molecule has 1 saturated heterocycles. The SMILES string of the molecule is CCCCCCCCCCCCCCCCCCO[Si]1(C)CCC1. The summed E-state index contributed by atoms with van der Waals surface area (Å²) in [5.41, 5.74) is 0. The molecule has 0 aromatic carbocycles. The third-order valence-electron chi connectivity index (χ3n) is 5.86. The minimum Gasteiger partial charge on any atom is -0.417 e. The number of rotatable bonds is 18. The zero-order valence-electron chi connectivity index (χ0n) is 17.1. The highest BCUT2D eigenvalue weighted by Gasteiger charge is 2.35. The van der Waals surface area contributed by atoms with Crippen molar-refractivity contribution in [2.75, 3.05) is 6.61 Å². The van der Waals surface area contributed by atoms with Crippen molar-refractivity contribution in [3.8, 4) is 0 Å². The van der Waals surface area contributed by atoms with E-state index in [1.807, 2.05) is 0 Å². The molecule has 144 valence electrons. The smallest absolute Gasteiger partial charge is 0.189 e. The summed E-state index contributed by atoms with van der Waals surface area (Å²) >= 11 is 0. The first-order chi connectivity index (χ1) is 11.8. The molecule has 1 aliphatic rings. The highest BCUT2D eigenvalue weighted by Crippen LogP contribution is 2.33. The van der Waals surface area contributed by atoms with Gasteiger partial charge in [-0.05, 0) is 25.1 Å². The van der Waals surface area contributed by atoms with Crippen molar-refractivity contribution in [2.45, 2.75) is 135 Å². The van der Waals surface area contributed by atoms with Crippen LogP contribution in [0.25, 0.3) is 0 Å². The van der Waals surface area contributed by atoms with Gasteiger partial charge in [-0.25, -0.2) is 0 Å². The Bertz CT molecular complexity index is 263. The van der Waals surface area contributed by atoms with Gasteiger partial charge in [-0.2, -0.15) is 0 Å². The van der Waals surface area contributed by atoms with Crippen LogP contribution in [-0.4, -0.2) is 14.9 Å². The second kappa shape index (κ2) is 15.4. The fraction of sp³-hybridized carbons (Fsp3) is 1.00. The molecule has 0 N–H and O–H groups in total. The van der Waals surface area contributed by atoms with Gasteiger partial charge in [-0.15, -0.1) is 0 Å². The van der Waals surface area contributed by atoms with E-state index in [0.29, 0.717) is 0 Å². The normalized spacial score (nSPS) is 16.2. The van der Waals surface area contributed by atoms with Crippen molar-refractivity contribution >= 4 is 8.32 Å². The van der Waals surface area contributed by atoms with Crippen LogP contribution in [0.5, 0.6) is 0 Å². The number of hydrogen-bond donors (Lipinski definition) is 0. The molecule has 0 saturated carbocycles. The van der Waals surface area contributed by atoms with Crippen LogP contribution in [-0.2, 0) is 4.43 Å². The quantitative estimate of drug-likeness (QED) is 0.178. The van der Waals surface area contributed by atoms with Gasteiger partial charge in [0.05, 0.1) is 0 Å². The van der Waals surface area contributed by atoms with Crippen LogP contribution in [0.4, 0.5) is 0 Å². The molecule has 2 heteroatoms. The van der Waals surface area contributed by atoms with E-state index in [1.165, 1.54) is 121 Å². The van der Waals surface area contributed by atoms with Gasteiger partial charge in [0.15, 0.2) is 8.32 Å². The summed E-state index contributed by atoms with van der Waals surface area (Å²) in [5, 5.41) is 0. The standard InChI is InChI=1S/C22H46OSi/c1-3-4-5-6-7-8-9-10-11-12-13-14-15-16-17-18-20-23-24(2)21-19-22-24/h3-22H2,1-2H3. The van der Waals surface area contributed by atoms with Gasteiger partial charge in [0.1, 0.15) is 0 Å². The second-order valence-electron chi connectivity index (χ2n) is 8.46. The van der Waals surface area contributed by atoms with Crippen LogP contribution in [0, 0.1) is 0 Å². The fourth-order valence-corrected chi connectivity index (χ4v) is 6.06. The second-order valence-corrected chi connectivity index (χ2v) is 12.6. The van der Waals surface area contributed by atoms with Crippen LogP contribution in [0.15, 0.2) is 0 Å². The van der Waals surface area contributed by atoms with E-state index >= 15 is 0 Å². The highest BCUT2D eigenvalue weighted by molar-refractivity contribution is 6.75. The van der Waals surface area contributed by atoms with Crippen molar-refractivity contribution in [3.05, 3.63) is 0 Å². The first kappa shape index (κ1) is 22.2. The highest BCUT2D eigenvalue weighted by atomic mass is 28.4. The van der Waals surface area contributed by atoms with Crippen LogP contribution < -0.4 is 0 Å². The van der Waals surface area contributed by atoms with E-state index in [-0.39, 0.29) is 0 Å². The Balaban J connectivity index is 1.65. The summed E-state index contributed by atoms with van der Waals surface area (Å²) in [6, 6.07) is 2.84. The van der Waals surface area contributed by atoms with Gasteiger partial charge in [0.25, 0.3) is 0 Å². The molecule has 0 aromatic heterocycles. The molecule has 1 rings (SSSR count). The maximum Gasteiger partial charge on any atom is 0.189 e. The Morgan fingerprint density at radius 2 is 0.958 bits per heavy atom. The van der Waals surface area contributed by atoms with Crippen molar-refractivity contribution < 1.29 is 4.43 Å². The summed E-state index contributed by atoms with van der Waals surface area (Å²) < 4.78 is 6.12. The number of hydrogen-bond acceptors (Lipinski definition) is 1. The van der Waals surface area contributed by atoms with E-state index in [4.69, 9.17) is 4.43 Å². The molecular weight excluding hydrogens is 308 g/mol. The van der Waals surface area contributed by atoms with Gasteiger partial charge in [-0.1, -0.05) is 110 Å². The van der Waals surface area contributed by atoms with Crippen molar-refractivity contribution in [1.29, 1.82) is 0 Å². The van der Waals surface area contributed by atoms with Crippen LogP contribution in [0.3, 0.4) is 0 Å². The monoisotopic (exact) mass is 354 g/mol. The third kappa shape index (κ3) is 12.5. The molecule has 0 bridgehead atoms. The third-order valence-corrected chi connectivity index (χ3v) is 9.58. The Kier molecular flexibility index (Phi) is 14.3. The molecule has 0 aliphatic carbocycles. The molecule has 0 radical (unpaired) electrons. The molecule has 0 aromatic rings. The van der Waals surface area contributed by atoms with Crippen LogP contribution in [0.1, 0.15) is 116 Å². The minimum absolute atomic E-state index is 1.06. The largest absolute Gasteiger partial charge is 0.417 e. The van der Waals surface area contributed by atoms with Gasteiger partial charge < -0.3 is 4.43 Å². The Hall–Kier alpha value is 0.177. The molecule has 0 amide bonds. The Morgan fingerprint density at radius 3 is 1.29 bits per heavy atom. The summed E-state index contributed by atoms with van der Waals surface area (Å²) in [6.07, 6.45) is 24.6. The predicted molar refractivity (Wildman–Crippen MR) is 111 cm³/mol. The summed E-state index contributed by atoms with van der Waals surface area (Å²) in [4.78, 5) is 0. The Morgan fingerprint density at radius 1 is 0.583 bits per heavy atom. The lowest BCUT2D eigenvalue weighted by Gasteiger charge is -2.35. The first-order valence-corrected chi connectivity index (χ1v) is 14.2. The van der Waals surface area contributed by atoms with E-state index in [2.05, 4.69) is 13.5 Å². The van der Waals surface area contributed by atoms with Crippen LogP contribution in [0.2, 0.25) is 18.6 Å². The van der Waals surface area contributed by atoms with Crippen LogP contribution >= 0.6 is 0 Å². The average Bonchev–Trinajstić information content (AvgIpc) is 2.56. The molecule has 1 nitrogen and oxygen atoms in total. The van der Waals surface area contributed by atoms with Gasteiger partial charge >= 0.3 is 0 Å². The average molecular weight is 355 g/mol. The number of unbranched alkanes of at least 4 members (excludes halogenated alkanes) is 15. The van der Waals surface area contributed by atoms with E-state index in [1.54, 1.807) is 0 Å². The fourth-order valence-electron chi connectivity index (χ4n) is 3.79. The summed E-state index contributed by atoms with van der Waals surface area (Å²) in [7, 11) is -1.11. The molecule has 0 atom stereocenters. The molecule has 1 heterocycles.